The highest BCUT2D eigenvalue weighted by molar-refractivity contribution is 7.90. The van der Waals surface area contributed by atoms with Gasteiger partial charge in [0, 0.05) is 17.7 Å². The van der Waals surface area contributed by atoms with E-state index in [2.05, 4.69) is 20.0 Å². The molecule has 0 fully saturated rings. The lowest BCUT2D eigenvalue weighted by Gasteiger charge is -2.04. The van der Waals surface area contributed by atoms with Crippen molar-refractivity contribution in [2.75, 3.05) is 11.9 Å². The largest absolute Gasteiger partial charge is 0.326 e. The van der Waals surface area contributed by atoms with Crippen molar-refractivity contribution in [2.24, 2.45) is 4.99 Å². The first-order chi connectivity index (χ1) is 12.9. The van der Waals surface area contributed by atoms with Crippen LogP contribution in [0.1, 0.15) is 17.0 Å². The normalized spacial score (nSPS) is 16.3. The summed E-state index contributed by atoms with van der Waals surface area (Å²) >= 11 is 1.57. The number of nitrogens with one attached hydrogen (secondary N) is 2. The molecule has 0 spiro atoms. The van der Waals surface area contributed by atoms with Crippen LogP contribution < -0.4 is 10.0 Å². The van der Waals surface area contributed by atoms with Crippen molar-refractivity contribution < 1.29 is 13.2 Å². The molecule has 0 atom stereocenters. The van der Waals surface area contributed by atoms with Gasteiger partial charge in [-0.25, -0.2) is 13.4 Å². The van der Waals surface area contributed by atoms with E-state index in [9.17, 15) is 13.2 Å². The molecule has 3 aromatic rings. The summed E-state index contributed by atoms with van der Waals surface area (Å²) in [5.74, 6) is 0.0917. The van der Waals surface area contributed by atoms with E-state index in [0.717, 1.165) is 15.2 Å². The highest BCUT2D eigenvalue weighted by Gasteiger charge is 2.29. The molecule has 0 saturated heterocycles. The molecule has 0 saturated carbocycles. The van der Waals surface area contributed by atoms with E-state index in [1.54, 1.807) is 29.5 Å². The van der Waals surface area contributed by atoms with Gasteiger partial charge in [-0.05, 0) is 37.3 Å². The van der Waals surface area contributed by atoms with Crippen molar-refractivity contribution >= 4 is 49.0 Å². The maximum atomic E-state index is 12.2. The van der Waals surface area contributed by atoms with Crippen LogP contribution in [-0.2, 0) is 14.8 Å². The Morgan fingerprint density at radius 1 is 1.26 bits per heavy atom. The van der Waals surface area contributed by atoms with Crippen LogP contribution >= 0.6 is 11.3 Å². The minimum absolute atomic E-state index is 0.146. The molecule has 2 aromatic carbocycles. The Morgan fingerprint density at radius 2 is 2.07 bits per heavy atom. The van der Waals surface area contributed by atoms with Crippen LogP contribution in [-0.4, -0.2) is 31.7 Å². The Kier molecular flexibility index (Phi) is 4.40. The average Bonchev–Trinajstić information content (AvgIpc) is 3.11. The minimum atomic E-state index is -3.56. The summed E-state index contributed by atoms with van der Waals surface area (Å²) in [6.07, 6.45) is 0.146. The number of sulfonamides is 1. The average molecular weight is 400 g/mol. The van der Waals surface area contributed by atoms with Crippen LogP contribution in [0, 0.1) is 6.92 Å². The van der Waals surface area contributed by atoms with Crippen molar-refractivity contribution in [1.82, 2.24) is 9.71 Å². The van der Waals surface area contributed by atoms with Crippen LogP contribution in [0.2, 0.25) is 0 Å². The number of hydrogen-bond donors (Lipinski definition) is 2. The van der Waals surface area contributed by atoms with Gasteiger partial charge in [0.25, 0.3) is 10.0 Å². The zero-order chi connectivity index (χ0) is 19.0. The molecule has 27 heavy (non-hydrogen) atoms. The van der Waals surface area contributed by atoms with Crippen LogP contribution in [0.4, 0.5) is 5.69 Å². The molecular formula is C18H16N4O3S2. The van der Waals surface area contributed by atoms with Crippen LogP contribution in [0.5, 0.6) is 0 Å². The summed E-state index contributed by atoms with van der Waals surface area (Å²) in [7, 11) is -3.56. The second-order valence-electron chi connectivity index (χ2n) is 6.05. The number of carbonyl (C=O) groups excluding carboxylic acids is 1. The SMILES string of the molecule is Cc1nc2ccc(NC(=O)CCN=C3NS(=O)(=O)c4ccccc43)cc2s1. The number of thiazole rings is 1. The second kappa shape index (κ2) is 6.75. The van der Waals surface area contributed by atoms with Gasteiger partial charge in [-0.3, -0.25) is 14.5 Å². The predicted octanol–water partition coefficient (Wildman–Crippen LogP) is 2.67. The van der Waals surface area contributed by atoms with E-state index in [4.69, 9.17) is 0 Å². The number of aryl methyl sites for hydroxylation is 1. The maximum Gasteiger partial charge on any atom is 0.263 e. The molecule has 1 aliphatic heterocycles. The Labute approximate surface area is 160 Å². The number of amides is 1. The van der Waals surface area contributed by atoms with Crippen molar-refractivity contribution in [1.29, 1.82) is 0 Å². The molecular weight excluding hydrogens is 384 g/mol. The monoisotopic (exact) mass is 400 g/mol. The third-order valence-corrected chi connectivity index (χ3v) is 6.38. The molecule has 2 N–H and O–H groups in total. The topological polar surface area (TPSA) is 101 Å². The van der Waals surface area contributed by atoms with Crippen LogP contribution in [0.25, 0.3) is 10.2 Å². The molecule has 4 rings (SSSR count). The smallest absolute Gasteiger partial charge is 0.263 e. The number of anilines is 1. The highest BCUT2D eigenvalue weighted by atomic mass is 32.2. The van der Waals surface area contributed by atoms with Gasteiger partial charge in [0.05, 0.1) is 26.7 Å². The summed E-state index contributed by atoms with van der Waals surface area (Å²) in [6, 6.07) is 12.2. The molecule has 1 aromatic heterocycles. The number of carbonyl (C=O) groups is 1. The predicted molar refractivity (Wildman–Crippen MR) is 106 cm³/mol. The molecule has 0 bridgehead atoms. The number of fused-ring (bicyclic) bond motifs is 2. The summed E-state index contributed by atoms with van der Waals surface area (Å²) in [6.45, 7) is 2.12. The summed E-state index contributed by atoms with van der Waals surface area (Å²) < 4.78 is 27.5. The number of aromatic nitrogens is 1. The fourth-order valence-corrected chi connectivity index (χ4v) is 4.98. The number of rotatable bonds is 4. The summed E-state index contributed by atoms with van der Waals surface area (Å²) in [5.41, 5.74) is 2.15. The first-order valence-electron chi connectivity index (χ1n) is 8.26. The van der Waals surface area contributed by atoms with E-state index < -0.39 is 10.0 Å². The number of aliphatic imine (C=N–C) groups is 1. The van der Waals surface area contributed by atoms with Crippen molar-refractivity contribution in [3.63, 3.8) is 0 Å². The minimum Gasteiger partial charge on any atom is -0.326 e. The van der Waals surface area contributed by atoms with Gasteiger partial charge in [0.2, 0.25) is 5.91 Å². The molecule has 138 valence electrons. The lowest BCUT2D eigenvalue weighted by Crippen LogP contribution is -2.23. The molecule has 0 unspecified atom stereocenters. The molecule has 2 heterocycles. The van der Waals surface area contributed by atoms with E-state index in [1.807, 2.05) is 25.1 Å². The quantitative estimate of drug-likeness (QED) is 0.703. The first kappa shape index (κ1) is 17.6. The zero-order valence-corrected chi connectivity index (χ0v) is 16.0. The lowest BCUT2D eigenvalue weighted by atomic mass is 10.2. The van der Waals surface area contributed by atoms with Gasteiger partial charge in [-0.2, -0.15) is 0 Å². The van der Waals surface area contributed by atoms with Crippen molar-refractivity contribution in [3.8, 4) is 0 Å². The Balaban J connectivity index is 1.41. The van der Waals surface area contributed by atoms with E-state index in [0.29, 0.717) is 11.3 Å². The molecule has 9 heteroatoms. The Morgan fingerprint density at radius 3 is 2.93 bits per heavy atom. The van der Waals surface area contributed by atoms with Gasteiger partial charge in [0.15, 0.2) is 0 Å². The summed E-state index contributed by atoms with van der Waals surface area (Å²) in [5, 5.41) is 3.81. The summed E-state index contributed by atoms with van der Waals surface area (Å²) in [4.78, 5) is 21.0. The second-order valence-corrected chi connectivity index (χ2v) is 8.93. The molecule has 0 aliphatic carbocycles. The van der Waals surface area contributed by atoms with Crippen LogP contribution in [0.15, 0.2) is 52.4 Å². The van der Waals surface area contributed by atoms with Crippen LogP contribution in [0.3, 0.4) is 0 Å². The zero-order valence-electron chi connectivity index (χ0n) is 14.4. The number of amidine groups is 1. The molecule has 0 radical (unpaired) electrons. The molecule has 7 nitrogen and oxygen atoms in total. The fourth-order valence-electron chi connectivity index (χ4n) is 2.86. The Hall–Kier alpha value is -2.78. The van der Waals surface area contributed by atoms with Crippen molar-refractivity contribution in [3.05, 3.63) is 53.0 Å². The first-order valence-corrected chi connectivity index (χ1v) is 10.6. The fraction of sp³-hybridized carbons (Fsp3) is 0.167. The standard InChI is InChI=1S/C18H16N4O3S2/c1-11-20-14-7-6-12(10-15(14)26-11)21-17(23)8-9-19-18-13-4-2-3-5-16(13)27(24,25)22-18/h2-7,10H,8-9H2,1H3,(H,19,22)(H,21,23). The van der Waals surface area contributed by atoms with Gasteiger partial charge < -0.3 is 5.32 Å². The third-order valence-electron chi connectivity index (χ3n) is 4.05. The van der Waals surface area contributed by atoms with Gasteiger partial charge in [-0.15, -0.1) is 11.3 Å². The third kappa shape index (κ3) is 3.56. The van der Waals surface area contributed by atoms with E-state index in [1.165, 1.54) is 6.07 Å². The number of benzene rings is 2. The molecule has 1 aliphatic rings. The van der Waals surface area contributed by atoms with Crippen molar-refractivity contribution in [2.45, 2.75) is 18.2 Å². The maximum absolute atomic E-state index is 12.2. The lowest BCUT2D eigenvalue weighted by molar-refractivity contribution is -0.116. The number of nitrogens with zero attached hydrogens (tertiary/aromatic N) is 2. The number of hydrogen-bond acceptors (Lipinski definition) is 6. The van der Waals surface area contributed by atoms with E-state index >= 15 is 0 Å². The molecule has 1 amide bonds. The Bertz CT molecular complexity index is 1180. The van der Waals surface area contributed by atoms with E-state index in [-0.39, 0.29) is 29.6 Å². The van der Waals surface area contributed by atoms with Gasteiger partial charge in [0.1, 0.15) is 5.84 Å². The highest BCUT2D eigenvalue weighted by Crippen LogP contribution is 2.25. The van der Waals surface area contributed by atoms with Gasteiger partial charge in [-0.1, -0.05) is 12.1 Å². The van der Waals surface area contributed by atoms with Gasteiger partial charge >= 0.3 is 0 Å².